The van der Waals surface area contributed by atoms with Gasteiger partial charge in [-0.25, -0.2) is 0 Å². The Hall–Kier alpha value is -1.80. The number of H-pyrrole nitrogens is 1. The lowest BCUT2D eigenvalue weighted by Crippen LogP contribution is -2.22. The maximum atomic E-state index is 12.3. The molecule has 0 unspecified atom stereocenters. The number of nitrogens with one attached hydrogen (secondary N) is 1. The molecule has 6 nitrogen and oxygen atoms in total. The highest BCUT2D eigenvalue weighted by Gasteiger charge is 2.06. The normalized spacial score (nSPS) is 11.2. The Morgan fingerprint density at radius 1 is 1.42 bits per heavy atom. The van der Waals surface area contributed by atoms with E-state index in [0.29, 0.717) is 23.2 Å². The minimum absolute atomic E-state index is 0.0291. The third-order valence-electron chi connectivity index (χ3n) is 2.85. The maximum Gasteiger partial charge on any atom is 0.263 e. The van der Waals surface area contributed by atoms with E-state index in [-0.39, 0.29) is 5.56 Å². The lowest BCUT2D eigenvalue weighted by atomic mass is 10.4. The maximum absolute atomic E-state index is 12.3. The first-order valence-corrected chi connectivity index (χ1v) is 7.09. The van der Waals surface area contributed by atoms with Gasteiger partial charge < -0.3 is 4.98 Å². The molecule has 0 spiro atoms. The van der Waals surface area contributed by atoms with Gasteiger partial charge in [0.25, 0.3) is 5.56 Å². The Kier molecular flexibility index (Phi) is 3.26. The molecule has 8 heteroatoms. The highest BCUT2D eigenvalue weighted by Crippen LogP contribution is 2.14. The van der Waals surface area contributed by atoms with Crippen LogP contribution in [0, 0.1) is 4.77 Å². The number of thiophene rings is 1. The van der Waals surface area contributed by atoms with Gasteiger partial charge in [0.05, 0.1) is 11.6 Å². The molecule has 0 aliphatic heterocycles. The van der Waals surface area contributed by atoms with Crippen LogP contribution in [0.3, 0.4) is 0 Å². The van der Waals surface area contributed by atoms with Gasteiger partial charge in [-0.3, -0.25) is 14.0 Å². The average molecular weight is 293 g/mol. The predicted molar refractivity (Wildman–Crippen MR) is 75.9 cm³/mol. The van der Waals surface area contributed by atoms with Crippen molar-refractivity contribution in [3.05, 3.63) is 39.0 Å². The Morgan fingerprint density at radius 3 is 3.11 bits per heavy atom. The van der Waals surface area contributed by atoms with Crippen molar-refractivity contribution in [2.75, 3.05) is 0 Å². The first-order chi connectivity index (χ1) is 9.25. The van der Waals surface area contributed by atoms with Crippen LogP contribution in [0.25, 0.3) is 10.2 Å². The van der Waals surface area contributed by atoms with Gasteiger partial charge in [-0.1, -0.05) is 5.21 Å². The summed E-state index contributed by atoms with van der Waals surface area (Å²) in [5, 5.41) is 10.2. The molecule has 19 heavy (non-hydrogen) atoms. The first kappa shape index (κ1) is 12.2. The zero-order valence-corrected chi connectivity index (χ0v) is 11.6. The summed E-state index contributed by atoms with van der Waals surface area (Å²) < 4.78 is 3.81. The molecule has 0 aliphatic rings. The highest BCUT2D eigenvalue weighted by molar-refractivity contribution is 7.71. The number of hydrogen-bond acceptors (Lipinski definition) is 5. The van der Waals surface area contributed by atoms with Crippen LogP contribution in [0.15, 0.2) is 28.6 Å². The van der Waals surface area contributed by atoms with Gasteiger partial charge >= 0.3 is 0 Å². The van der Waals surface area contributed by atoms with Crippen LogP contribution in [0.5, 0.6) is 0 Å². The molecular formula is C11H11N5OS2. The molecule has 0 aliphatic carbocycles. The lowest BCUT2D eigenvalue weighted by molar-refractivity contribution is 0.504. The minimum Gasteiger partial charge on any atom is -0.323 e. The van der Waals surface area contributed by atoms with Gasteiger partial charge in [0.2, 0.25) is 0 Å². The second-order valence-electron chi connectivity index (χ2n) is 4.07. The SMILES string of the molecule is O=c1c2ccsc2[nH]c(=S)n1CCCn1ccnn1. The van der Waals surface area contributed by atoms with Crippen molar-refractivity contribution < 1.29 is 0 Å². The van der Waals surface area contributed by atoms with Crippen LogP contribution in [-0.4, -0.2) is 24.5 Å². The molecule has 0 radical (unpaired) electrons. The molecular weight excluding hydrogens is 282 g/mol. The number of aryl methyl sites for hydroxylation is 1. The summed E-state index contributed by atoms with van der Waals surface area (Å²) in [5.41, 5.74) is -0.0291. The molecule has 0 atom stereocenters. The van der Waals surface area contributed by atoms with Gasteiger partial charge in [-0.05, 0) is 30.1 Å². The summed E-state index contributed by atoms with van der Waals surface area (Å²) in [6, 6.07) is 1.82. The van der Waals surface area contributed by atoms with Gasteiger partial charge in [-0.2, -0.15) is 0 Å². The molecule has 3 rings (SSSR count). The summed E-state index contributed by atoms with van der Waals surface area (Å²) in [6.45, 7) is 1.28. The summed E-state index contributed by atoms with van der Waals surface area (Å²) in [7, 11) is 0. The van der Waals surface area contributed by atoms with E-state index >= 15 is 0 Å². The Labute approximate surface area is 117 Å². The second-order valence-corrected chi connectivity index (χ2v) is 5.37. The Balaban J connectivity index is 1.84. The third-order valence-corrected chi connectivity index (χ3v) is 4.00. The third kappa shape index (κ3) is 2.36. The zero-order chi connectivity index (χ0) is 13.2. The Morgan fingerprint density at radius 2 is 2.32 bits per heavy atom. The van der Waals surface area contributed by atoms with E-state index in [1.807, 2.05) is 11.4 Å². The van der Waals surface area contributed by atoms with E-state index in [4.69, 9.17) is 12.2 Å². The number of rotatable bonds is 4. The van der Waals surface area contributed by atoms with Gasteiger partial charge in [0, 0.05) is 19.3 Å². The van der Waals surface area contributed by atoms with E-state index < -0.39 is 0 Å². The van der Waals surface area contributed by atoms with Crippen LogP contribution < -0.4 is 5.56 Å². The zero-order valence-electron chi connectivity index (χ0n) is 9.94. The molecule has 0 saturated heterocycles. The smallest absolute Gasteiger partial charge is 0.263 e. The average Bonchev–Trinajstić information content (AvgIpc) is 3.03. The van der Waals surface area contributed by atoms with Crippen LogP contribution in [0.2, 0.25) is 0 Å². The van der Waals surface area contributed by atoms with Gasteiger partial charge in [0.15, 0.2) is 4.77 Å². The van der Waals surface area contributed by atoms with Crippen molar-refractivity contribution in [3.63, 3.8) is 0 Å². The van der Waals surface area contributed by atoms with Crippen molar-refractivity contribution in [2.24, 2.45) is 0 Å². The van der Waals surface area contributed by atoms with E-state index in [2.05, 4.69) is 15.3 Å². The van der Waals surface area contributed by atoms with Crippen LogP contribution in [-0.2, 0) is 13.1 Å². The summed E-state index contributed by atoms with van der Waals surface area (Å²) in [6.07, 6.45) is 4.21. The molecule has 0 aromatic carbocycles. The fourth-order valence-corrected chi connectivity index (χ4v) is 3.04. The second kappa shape index (κ2) is 5.06. The molecule has 3 aromatic rings. The fraction of sp³-hybridized carbons (Fsp3) is 0.273. The van der Waals surface area contributed by atoms with Gasteiger partial charge in [-0.15, -0.1) is 16.4 Å². The number of aromatic amines is 1. The van der Waals surface area contributed by atoms with Crippen molar-refractivity contribution in [3.8, 4) is 0 Å². The number of fused-ring (bicyclic) bond motifs is 1. The first-order valence-electron chi connectivity index (χ1n) is 5.80. The largest absolute Gasteiger partial charge is 0.323 e. The van der Waals surface area contributed by atoms with Crippen molar-refractivity contribution in [1.82, 2.24) is 24.5 Å². The number of aromatic nitrogens is 5. The van der Waals surface area contributed by atoms with E-state index in [9.17, 15) is 4.79 Å². The topological polar surface area (TPSA) is 68.5 Å². The number of hydrogen-bond donors (Lipinski definition) is 1. The standard InChI is InChI=1S/C11H11N5OS2/c17-10-8-2-7-19-9(8)13-11(18)16(10)5-1-4-15-6-3-12-14-15/h2-3,6-7H,1,4-5H2,(H,13,18). The van der Waals surface area contributed by atoms with E-state index in [0.717, 1.165) is 11.3 Å². The highest BCUT2D eigenvalue weighted by atomic mass is 32.1. The molecule has 0 saturated carbocycles. The molecule has 0 fully saturated rings. The minimum atomic E-state index is -0.0291. The van der Waals surface area contributed by atoms with E-state index in [1.165, 1.54) is 11.3 Å². The van der Waals surface area contributed by atoms with Crippen LogP contribution in [0.1, 0.15) is 6.42 Å². The van der Waals surface area contributed by atoms with Crippen molar-refractivity contribution in [2.45, 2.75) is 19.5 Å². The number of nitrogens with zero attached hydrogens (tertiary/aromatic N) is 4. The quantitative estimate of drug-likeness (QED) is 0.745. The molecule has 0 bridgehead atoms. The van der Waals surface area contributed by atoms with Crippen molar-refractivity contribution >= 4 is 33.8 Å². The predicted octanol–water partition coefficient (Wildman–Crippen LogP) is 1.80. The summed E-state index contributed by atoms with van der Waals surface area (Å²) >= 11 is 6.71. The van der Waals surface area contributed by atoms with Gasteiger partial charge in [0.1, 0.15) is 4.83 Å². The summed E-state index contributed by atoms with van der Waals surface area (Å²) in [4.78, 5) is 16.2. The lowest BCUT2D eigenvalue weighted by Gasteiger charge is -2.06. The Bertz CT molecular complexity index is 798. The van der Waals surface area contributed by atoms with E-state index in [1.54, 1.807) is 21.6 Å². The van der Waals surface area contributed by atoms with Crippen LogP contribution >= 0.6 is 23.6 Å². The molecule has 3 heterocycles. The molecule has 0 amide bonds. The van der Waals surface area contributed by atoms with Crippen LogP contribution in [0.4, 0.5) is 0 Å². The monoisotopic (exact) mass is 293 g/mol. The summed E-state index contributed by atoms with van der Waals surface area (Å²) in [5.74, 6) is 0. The molecule has 3 aromatic heterocycles. The van der Waals surface area contributed by atoms with Crippen molar-refractivity contribution in [1.29, 1.82) is 0 Å². The molecule has 98 valence electrons. The molecule has 1 N–H and O–H groups in total. The fourth-order valence-electron chi connectivity index (χ4n) is 1.92.